The number of hydrogen-bond donors (Lipinski definition) is 2. The van der Waals surface area contributed by atoms with Gasteiger partial charge in [0.2, 0.25) is 0 Å². The Labute approximate surface area is 149 Å². The molecule has 0 aliphatic carbocycles. The number of ether oxygens (including phenoxy) is 2. The molecule has 0 aliphatic heterocycles. The first-order valence-corrected chi connectivity index (χ1v) is 7.89. The molecule has 2 aromatic carbocycles. The highest BCUT2D eigenvalue weighted by Gasteiger charge is 2.16. The van der Waals surface area contributed by atoms with E-state index in [2.05, 4.69) is 26.6 Å². The molecule has 4 aromatic rings. The molecule has 26 heavy (non-hydrogen) atoms. The lowest BCUT2D eigenvalue weighted by molar-refractivity contribution is 0.358. The first-order chi connectivity index (χ1) is 12.7. The quantitative estimate of drug-likeness (QED) is 0.585. The van der Waals surface area contributed by atoms with Crippen molar-refractivity contribution < 1.29 is 9.47 Å². The molecule has 0 fully saturated rings. The van der Waals surface area contributed by atoms with E-state index in [4.69, 9.17) is 9.47 Å². The zero-order valence-corrected chi connectivity index (χ0v) is 14.2. The maximum Gasteiger partial charge on any atom is 0.187 e. The third kappa shape index (κ3) is 2.45. The predicted molar refractivity (Wildman–Crippen MR) is 98.9 cm³/mol. The van der Waals surface area contributed by atoms with Crippen LogP contribution in [0.15, 0.2) is 42.7 Å². The van der Waals surface area contributed by atoms with E-state index >= 15 is 0 Å². The summed E-state index contributed by atoms with van der Waals surface area (Å²) in [5.41, 5.74) is 3.47. The molecule has 0 aliphatic rings. The van der Waals surface area contributed by atoms with Crippen molar-refractivity contribution >= 4 is 33.2 Å². The molecule has 2 heterocycles. The van der Waals surface area contributed by atoms with Gasteiger partial charge < -0.3 is 14.8 Å². The van der Waals surface area contributed by atoms with Gasteiger partial charge >= 0.3 is 0 Å². The monoisotopic (exact) mass is 345 g/mol. The average Bonchev–Trinajstić information content (AvgIpc) is 3.15. The number of nitrogens with zero attached hydrogens (tertiary/aromatic N) is 3. The Morgan fingerprint density at radius 2 is 2.00 bits per heavy atom. The first kappa shape index (κ1) is 15.7. The number of anilines is 2. The molecular weight excluding hydrogens is 330 g/mol. The number of aromatic amines is 1. The Morgan fingerprint density at radius 3 is 2.77 bits per heavy atom. The third-order valence-electron chi connectivity index (χ3n) is 4.21. The van der Waals surface area contributed by atoms with Crippen molar-refractivity contribution in [2.45, 2.75) is 0 Å². The highest BCUT2D eigenvalue weighted by Crippen LogP contribution is 2.39. The molecule has 0 saturated carbocycles. The number of H-pyrrole nitrogens is 1. The normalized spacial score (nSPS) is 10.7. The maximum absolute atomic E-state index is 9.52. The fourth-order valence-corrected chi connectivity index (χ4v) is 2.96. The molecule has 2 N–H and O–H groups in total. The van der Waals surface area contributed by atoms with Gasteiger partial charge in [0.25, 0.3) is 0 Å². The van der Waals surface area contributed by atoms with E-state index in [1.54, 1.807) is 26.5 Å². The van der Waals surface area contributed by atoms with E-state index in [0.29, 0.717) is 28.3 Å². The third-order valence-corrected chi connectivity index (χ3v) is 4.21. The Bertz CT molecular complexity index is 1160. The van der Waals surface area contributed by atoms with Crippen LogP contribution in [0, 0.1) is 11.3 Å². The van der Waals surface area contributed by atoms with Gasteiger partial charge in [0.05, 0.1) is 37.2 Å². The van der Waals surface area contributed by atoms with Gasteiger partial charge in [-0.25, -0.2) is 0 Å². The minimum absolute atomic E-state index is 0.439. The van der Waals surface area contributed by atoms with Gasteiger partial charge in [0.1, 0.15) is 11.6 Å². The Kier molecular flexibility index (Phi) is 3.78. The zero-order valence-electron chi connectivity index (χ0n) is 14.2. The second-order valence-electron chi connectivity index (χ2n) is 5.65. The number of methoxy groups -OCH3 is 2. The van der Waals surface area contributed by atoms with Crippen LogP contribution in [0.3, 0.4) is 0 Å². The SMILES string of the molecule is COc1ccc2c(Nc3ccc4cn[nH]c4c3)c(C#N)cnc2c1OC. The van der Waals surface area contributed by atoms with E-state index in [1.165, 1.54) is 6.20 Å². The van der Waals surface area contributed by atoms with Crippen molar-refractivity contribution in [3.05, 3.63) is 48.3 Å². The molecule has 0 saturated heterocycles. The van der Waals surface area contributed by atoms with Crippen LogP contribution in [0.4, 0.5) is 11.4 Å². The van der Waals surface area contributed by atoms with Gasteiger partial charge in [-0.3, -0.25) is 10.1 Å². The lowest BCUT2D eigenvalue weighted by atomic mass is 10.1. The number of rotatable bonds is 4. The van der Waals surface area contributed by atoms with E-state index < -0.39 is 0 Å². The molecule has 4 rings (SSSR count). The maximum atomic E-state index is 9.52. The standard InChI is InChI=1S/C19H15N5O2/c1-25-16-6-5-14-17(12(8-20)9-21-18(14)19(16)26-2)23-13-4-3-11-10-22-24-15(11)7-13/h3-7,9-10H,1-2H3,(H,21,23)(H,22,24). The summed E-state index contributed by atoms with van der Waals surface area (Å²) in [5, 5.41) is 21.6. The molecule has 0 bridgehead atoms. The van der Waals surface area contributed by atoms with E-state index in [0.717, 1.165) is 22.0 Å². The van der Waals surface area contributed by atoms with Gasteiger partial charge in [0, 0.05) is 22.7 Å². The minimum atomic E-state index is 0.439. The van der Waals surface area contributed by atoms with Gasteiger partial charge in [-0.1, -0.05) is 0 Å². The van der Waals surface area contributed by atoms with Gasteiger partial charge in [-0.15, -0.1) is 0 Å². The minimum Gasteiger partial charge on any atom is -0.493 e. The van der Waals surface area contributed by atoms with E-state index in [-0.39, 0.29) is 0 Å². The summed E-state index contributed by atoms with van der Waals surface area (Å²) in [6.45, 7) is 0. The number of nitrogens with one attached hydrogen (secondary N) is 2. The van der Waals surface area contributed by atoms with Gasteiger partial charge in [-0.05, 0) is 30.3 Å². The average molecular weight is 345 g/mol. The molecule has 0 spiro atoms. The highest BCUT2D eigenvalue weighted by molar-refractivity contribution is 6.00. The molecule has 0 unspecified atom stereocenters. The summed E-state index contributed by atoms with van der Waals surface area (Å²) in [4.78, 5) is 4.39. The summed E-state index contributed by atoms with van der Waals surface area (Å²) < 4.78 is 10.8. The summed E-state index contributed by atoms with van der Waals surface area (Å²) >= 11 is 0. The van der Waals surface area contributed by atoms with Crippen molar-refractivity contribution in [3.8, 4) is 17.6 Å². The summed E-state index contributed by atoms with van der Waals surface area (Å²) in [5.74, 6) is 1.11. The number of hydrogen-bond acceptors (Lipinski definition) is 6. The second kappa shape index (κ2) is 6.26. The molecule has 2 aromatic heterocycles. The van der Waals surface area contributed by atoms with Crippen LogP contribution in [0.1, 0.15) is 5.56 Å². The lowest BCUT2D eigenvalue weighted by Gasteiger charge is -2.15. The highest BCUT2D eigenvalue weighted by atomic mass is 16.5. The second-order valence-corrected chi connectivity index (χ2v) is 5.65. The van der Waals surface area contributed by atoms with Crippen molar-refractivity contribution in [2.24, 2.45) is 0 Å². The van der Waals surface area contributed by atoms with E-state index in [9.17, 15) is 5.26 Å². The Balaban J connectivity index is 1.90. The number of fused-ring (bicyclic) bond motifs is 2. The van der Waals surface area contributed by atoms with Crippen molar-refractivity contribution in [3.63, 3.8) is 0 Å². The summed E-state index contributed by atoms with van der Waals surface area (Å²) in [6, 6.07) is 11.7. The molecule has 7 nitrogen and oxygen atoms in total. The molecule has 0 atom stereocenters. The summed E-state index contributed by atoms with van der Waals surface area (Å²) in [7, 11) is 3.14. The fourth-order valence-electron chi connectivity index (χ4n) is 2.96. The molecule has 0 radical (unpaired) electrons. The van der Waals surface area contributed by atoms with Gasteiger partial charge in [0.15, 0.2) is 11.5 Å². The topological polar surface area (TPSA) is 95.8 Å². The van der Waals surface area contributed by atoms with Crippen molar-refractivity contribution in [1.29, 1.82) is 5.26 Å². The number of nitriles is 1. The van der Waals surface area contributed by atoms with Crippen LogP contribution >= 0.6 is 0 Å². The fraction of sp³-hybridized carbons (Fsp3) is 0.105. The number of benzene rings is 2. The van der Waals surface area contributed by atoms with Crippen LogP contribution < -0.4 is 14.8 Å². The largest absolute Gasteiger partial charge is 0.493 e. The van der Waals surface area contributed by atoms with Crippen molar-refractivity contribution in [2.75, 3.05) is 19.5 Å². The van der Waals surface area contributed by atoms with Crippen LogP contribution in [0.2, 0.25) is 0 Å². The Hall–Kier alpha value is -3.79. The molecule has 128 valence electrons. The summed E-state index contributed by atoms with van der Waals surface area (Å²) in [6.07, 6.45) is 3.29. The Morgan fingerprint density at radius 1 is 1.12 bits per heavy atom. The number of aromatic nitrogens is 3. The lowest BCUT2D eigenvalue weighted by Crippen LogP contribution is -1.99. The predicted octanol–water partition coefficient (Wildman–Crippen LogP) is 3.74. The van der Waals surface area contributed by atoms with Crippen molar-refractivity contribution in [1.82, 2.24) is 15.2 Å². The smallest absolute Gasteiger partial charge is 0.187 e. The first-order valence-electron chi connectivity index (χ1n) is 7.89. The van der Waals surface area contributed by atoms with Crippen LogP contribution in [-0.2, 0) is 0 Å². The van der Waals surface area contributed by atoms with Crippen LogP contribution in [0.25, 0.3) is 21.8 Å². The molecular formula is C19H15N5O2. The molecule has 7 heteroatoms. The van der Waals surface area contributed by atoms with Crippen LogP contribution in [-0.4, -0.2) is 29.4 Å². The molecule has 0 amide bonds. The van der Waals surface area contributed by atoms with E-state index in [1.807, 2.05) is 24.3 Å². The zero-order chi connectivity index (χ0) is 18.1. The van der Waals surface area contributed by atoms with Gasteiger partial charge in [-0.2, -0.15) is 10.4 Å². The van der Waals surface area contributed by atoms with Crippen LogP contribution in [0.5, 0.6) is 11.5 Å². The number of pyridine rings is 1.